The van der Waals surface area contributed by atoms with Gasteiger partial charge in [-0.3, -0.25) is 0 Å². The maximum Gasteiger partial charge on any atom is 0.315 e. The van der Waals surface area contributed by atoms with E-state index in [-0.39, 0.29) is 17.0 Å². The average molecular weight is 346 g/mol. The third kappa shape index (κ3) is 3.68. The van der Waals surface area contributed by atoms with Gasteiger partial charge in [0.25, 0.3) is 0 Å². The molecule has 2 aromatic rings. The Morgan fingerprint density at radius 2 is 1.88 bits per heavy atom. The van der Waals surface area contributed by atoms with E-state index in [0.29, 0.717) is 13.2 Å². The molecule has 0 spiro atoms. The molecule has 1 aliphatic rings. The molecule has 0 bridgehead atoms. The van der Waals surface area contributed by atoms with Crippen LogP contribution in [0.25, 0.3) is 0 Å². The van der Waals surface area contributed by atoms with Crippen LogP contribution in [0.3, 0.4) is 0 Å². The first-order valence-electron chi connectivity index (χ1n) is 7.48. The molecule has 2 N–H and O–H groups in total. The molecular formula is C17H18N2O4S. The van der Waals surface area contributed by atoms with E-state index in [1.165, 1.54) is 12.1 Å². The van der Waals surface area contributed by atoms with E-state index in [0.717, 1.165) is 23.1 Å². The summed E-state index contributed by atoms with van der Waals surface area (Å²) >= 11 is 0. The molecule has 126 valence electrons. The Morgan fingerprint density at radius 3 is 2.58 bits per heavy atom. The van der Waals surface area contributed by atoms with Gasteiger partial charge in [0, 0.05) is 18.4 Å². The molecule has 1 atom stereocenters. The molecule has 0 unspecified atom stereocenters. The molecule has 3 rings (SSSR count). The highest BCUT2D eigenvalue weighted by Gasteiger charge is 2.24. The Kier molecular flexibility index (Phi) is 4.44. The largest absolute Gasteiger partial charge is 0.491 e. The van der Waals surface area contributed by atoms with E-state index in [9.17, 15) is 13.2 Å². The summed E-state index contributed by atoms with van der Waals surface area (Å²) in [7, 11) is -3.21. The third-order valence-electron chi connectivity index (χ3n) is 3.81. The predicted octanol–water partition coefficient (Wildman–Crippen LogP) is 2.02. The van der Waals surface area contributed by atoms with Crippen LogP contribution in [0, 0.1) is 0 Å². The number of sulfone groups is 1. The molecule has 2 aromatic carbocycles. The van der Waals surface area contributed by atoms with Crippen LogP contribution in [-0.2, 0) is 16.4 Å². The molecule has 1 aliphatic heterocycles. The Bertz CT molecular complexity index is 847. The van der Waals surface area contributed by atoms with Crippen molar-refractivity contribution in [3.05, 3.63) is 59.7 Å². The summed E-state index contributed by atoms with van der Waals surface area (Å²) in [6, 6.07) is 13.6. The fourth-order valence-electron chi connectivity index (χ4n) is 2.53. The summed E-state index contributed by atoms with van der Waals surface area (Å²) < 4.78 is 28.3. The summed E-state index contributed by atoms with van der Waals surface area (Å²) in [6.45, 7) is 0.723. The quantitative estimate of drug-likeness (QED) is 0.887. The summed E-state index contributed by atoms with van der Waals surface area (Å²) in [5.41, 5.74) is 1.78. The molecular weight excluding hydrogens is 328 g/mol. The van der Waals surface area contributed by atoms with Gasteiger partial charge in [0.15, 0.2) is 9.84 Å². The zero-order valence-electron chi connectivity index (χ0n) is 13.2. The number of hydrogen-bond acceptors (Lipinski definition) is 4. The van der Waals surface area contributed by atoms with Crippen molar-refractivity contribution in [2.45, 2.75) is 17.5 Å². The van der Waals surface area contributed by atoms with Gasteiger partial charge in [0.1, 0.15) is 12.4 Å². The monoisotopic (exact) mass is 346 g/mol. The fraction of sp³-hybridized carbons (Fsp3) is 0.235. The van der Waals surface area contributed by atoms with E-state index < -0.39 is 9.84 Å². The van der Waals surface area contributed by atoms with Gasteiger partial charge in [-0.2, -0.15) is 0 Å². The van der Waals surface area contributed by atoms with E-state index in [4.69, 9.17) is 4.74 Å². The summed E-state index contributed by atoms with van der Waals surface area (Å²) in [6.07, 6.45) is 1.16. The van der Waals surface area contributed by atoms with Gasteiger partial charge in [0.05, 0.1) is 10.9 Å². The van der Waals surface area contributed by atoms with Crippen LogP contribution in [0.5, 0.6) is 5.75 Å². The topological polar surface area (TPSA) is 84.5 Å². The number of carbonyl (C=O) groups is 1. The third-order valence-corrected chi connectivity index (χ3v) is 4.94. The van der Waals surface area contributed by atoms with Crippen LogP contribution in [0.2, 0.25) is 0 Å². The molecule has 2 amide bonds. The highest BCUT2D eigenvalue weighted by Crippen LogP contribution is 2.31. The smallest absolute Gasteiger partial charge is 0.315 e. The van der Waals surface area contributed by atoms with Gasteiger partial charge in [-0.15, -0.1) is 0 Å². The van der Waals surface area contributed by atoms with Crippen LogP contribution in [0.15, 0.2) is 53.4 Å². The van der Waals surface area contributed by atoms with Gasteiger partial charge in [-0.1, -0.05) is 30.3 Å². The van der Waals surface area contributed by atoms with Crippen LogP contribution in [0.4, 0.5) is 4.79 Å². The van der Waals surface area contributed by atoms with Crippen molar-refractivity contribution in [1.82, 2.24) is 10.6 Å². The molecule has 0 saturated carbocycles. The Morgan fingerprint density at radius 1 is 1.17 bits per heavy atom. The maximum atomic E-state index is 12.0. The molecule has 0 aliphatic carbocycles. The van der Waals surface area contributed by atoms with Gasteiger partial charge in [-0.05, 0) is 23.8 Å². The van der Waals surface area contributed by atoms with E-state index in [2.05, 4.69) is 10.6 Å². The Labute approximate surface area is 140 Å². The van der Waals surface area contributed by atoms with Crippen LogP contribution in [0.1, 0.15) is 17.2 Å². The normalized spacial score (nSPS) is 16.1. The molecule has 0 saturated heterocycles. The minimum Gasteiger partial charge on any atom is -0.491 e. The lowest BCUT2D eigenvalue weighted by molar-refractivity contribution is 0.231. The first-order chi connectivity index (χ1) is 11.4. The Hall–Kier alpha value is -2.54. The molecule has 6 nitrogen and oxygen atoms in total. The van der Waals surface area contributed by atoms with Crippen molar-refractivity contribution in [2.24, 2.45) is 0 Å². The van der Waals surface area contributed by atoms with Gasteiger partial charge in [-0.25, -0.2) is 13.2 Å². The SMILES string of the molecule is CS(=O)(=O)c1ccc(CNC(=O)N[C@@H]2COc3ccccc32)cc1. The lowest BCUT2D eigenvalue weighted by atomic mass is 10.1. The molecule has 0 fully saturated rings. The lowest BCUT2D eigenvalue weighted by Gasteiger charge is -2.13. The van der Waals surface area contributed by atoms with Crippen LogP contribution < -0.4 is 15.4 Å². The first kappa shape index (κ1) is 16.3. The molecule has 1 heterocycles. The minimum atomic E-state index is -3.21. The number of hydrogen-bond donors (Lipinski definition) is 2. The van der Waals surface area contributed by atoms with Crippen molar-refractivity contribution < 1.29 is 17.9 Å². The highest BCUT2D eigenvalue weighted by atomic mass is 32.2. The van der Waals surface area contributed by atoms with E-state index in [1.54, 1.807) is 12.1 Å². The lowest BCUT2D eigenvalue weighted by Crippen LogP contribution is -2.38. The second kappa shape index (κ2) is 6.52. The molecule has 0 radical (unpaired) electrons. The Balaban J connectivity index is 1.55. The predicted molar refractivity (Wildman–Crippen MR) is 89.6 cm³/mol. The van der Waals surface area contributed by atoms with Crippen LogP contribution in [-0.4, -0.2) is 27.3 Å². The van der Waals surface area contributed by atoms with Crippen molar-refractivity contribution >= 4 is 15.9 Å². The van der Waals surface area contributed by atoms with Crippen molar-refractivity contribution in [1.29, 1.82) is 0 Å². The number of carbonyl (C=O) groups excluding carboxylic acids is 1. The summed E-state index contributed by atoms with van der Waals surface area (Å²) in [5, 5.41) is 5.63. The van der Waals surface area contributed by atoms with Crippen LogP contribution >= 0.6 is 0 Å². The first-order valence-corrected chi connectivity index (χ1v) is 9.38. The zero-order valence-corrected chi connectivity index (χ0v) is 14.0. The van der Waals surface area contributed by atoms with Gasteiger partial charge in [0.2, 0.25) is 0 Å². The number of amides is 2. The zero-order chi connectivity index (χ0) is 17.2. The number of fused-ring (bicyclic) bond motifs is 1. The second-order valence-corrected chi connectivity index (χ2v) is 7.66. The maximum absolute atomic E-state index is 12.0. The number of nitrogens with one attached hydrogen (secondary N) is 2. The molecule has 0 aromatic heterocycles. The number of para-hydroxylation sites is 1. The number of benzene rings is 2. The molecule has 24 heavy (non-hydrogen) atoms. The molecule has 7 heteroatoms. The van der Waals surface area contributed by atoms with Crippen molar-refractivity contribution in [2.75, 3.05) is 12.9 Å². The fourth-order valence-corrected chi connectivity index (χ4v) is 3.16. The average Bonchev–Trinajstić information content (AvgIpc) is 2.96. The number of urea groups is 1. The second-order valence-electron chi connectivity index (χ2n) is 5.64. The summed E-state index contributed by atoms with van der Waals surface area (Å²) in [4.78, 5) is 12.3. The minimum absolute atomic E-state index is 0.172. The van der Waals surface area contributed by atoms with E-state index >= 15 is 0 Å². The van der Waals surface area contributed by atoms with E-state index in [1.807, 2.05) is 24.3 Å². The highest BCUT2D eigenvalue weighted by molar-refractivity contribution is 7.90. The van der Waals surface area contributed by atoms with Crippen molar-refractivity contribution in [3.63, 3.8) is 0 Å². The van der Waals surface area contributed by atoms with Gasteiger partial charge < -0.3 is 15.4 Å². The summed E-state index contributed by atoms with van der Waals surface area (Å²) in [5.74, 6) is 0.791. The number of rotatable bonds is 4. The standard InChI is InChI=1S/C17H18N2O4S/c1-24(21,22)13-8-6-12(7-9-13)10-18-17(20)19-15-11-23-16-5-3-2-4-14(15)16/h2-9,15H,10-11H2,1H3,(H2,18,19,20)/t15-/m1/s1. The van der Waals surface area contributed by atoms with Gasteiger partial charge >= 0.3 is 6.03 Å². The van der Waals surface area contributed by atoms with Crippen molar-refractivity contribution in [3.8, 4) is 5.75 Å². The number of ether oxygens (including phenoxy) is 1.